The molecular formula is C16H15BrN2. The Hall–Kier alpha value is -1.74. The average molecular weight is 315 g/mol. The van der Waals surface area contributed by atoms with Crippen LogP contribution in [0.3, 0.4) is 0 Å². The minimum absolute atomic E-state index is 0.835. The molecule has 96 valence electrons. The molecule has 0 bridgehead atoms. The maximum Gasteiger partial charge on any atom is 0.0480 e. The highest BCUT2D eigenvalue weighted by Crippen LogP contribution is 2.26. The van der Waals surface area contributed by atoms with E-state index >= 15 is 0 Å². The number of nitrogen functional groups attached to an aromatic ring is 1. The fourth-order valence-corrected chi connectivity index (χ4v) is 2.88. The van der Waals surface area contributed by atoms with Gasteiger partial charge in [-0.1, -0.05) is 40.2 Å². The number of nitrogens with two attached hydrogens (primary N) is 1. The lowest BCUT2D eigenvalue weighted by Crippen LogP contribution is -1.95. The number of rotatable bonds is 2. The Morgan fingerprint density at radius 1 is 1.11 bits per heavy atom. The molecule has 2 N–H and O–H groups in total. The van der Waals surface area contributed by atoms with Gasteiger partial charge in [0.1, 0.15) is 0 Å². The number of hydrogen-bond donors (Lipinski definition) is 1. The summed E-state index contributed by atoms with van der Waals surface area (Å²) >= 11 is 3.44. The van der Waals surface area contributed by atoms with Crippen LogP contribution >= 0.6 is 15.9 Å². The van der Waals surface area contributed by atoms with Crippen molar-refractivity contribution in [2.45, 2.75) is 6.42 Å². The molecule has 0 atom stereocenters. The third-order valence-corrected chi connectivity index (χ3v) is 3.96. The number of fused-ring (bicyclic) bond motifs is 1. The van der Waals surface area contributed by atoms with E-state index in [0.717, 1.165) is 16.6 Å². The van der Waals surface area contributed by atoms with Crippen LogP contribution in [0.5, 0.6) is 0 Å². The highest BCUT2D eigenvalue weighted by molar-refractivity contribution is 9.10. The van der Waals surface area contributed by atoms with Crippen LogP contribution in [0.25, 0.3) is 10.9 Å². The fraction of sp³-hybridized carbons (Fsp3) is 0.125. The molecule has 0 unspecified atom stereocenters. The first-order chi connectivity index (χ1) is 9.15. The SMILES string of the molecule is Cn1cc(Cc2ccc(Br)cc2N)c2ccccc21. The number of nitrogens with zero attached hydrogens (tertiary/aromatic N) is 1. The lowest BCUT2D eigenvalue weighted by molar-refractivity contribution is 0.958. The highest BCUT2D eigenvalue weighted by atomic mass is 79.9. The quantitative estimate of drug-likeness (QED) is 0.709. The van der Waals surface area contributed by atoms with E-state index in [1.54, 1.807) is 0 Å². The Bertz CT molecular complexity index is 744. The van der Waals surface area contributed by atoms with Crippen LogP contribution < -0.4 is 5.73 Å². The van der Waals surface area contributed by atoms with Crippen LogP contribution in [0.1, 0.15) is 11.1 Å². The molecule has 3 aromatic rings. The van der Waals surface area contributed by atoms with E-state index in [2.05, 4.69) is 64.1 Å². The van der Waals surface area contributed by atoms with E-state index in [9.17, 15) is 0 Å². The van der Waals surface area contributed by atoms with Gasteiger partial charge in [0.25, 0.3) is 0 Å². The molecule has 0 radical (unpaired) electrons. The van der Waals surface area contributed by atoms with Gasteiger partial charge in [-0.05, 0) is 29.3 Å². The molecule has 3 rings (SSSR count). The normalized spacial score (nSPS) is 11.1. The number of anilines is 1. The van der Waals surface area contributed by atoms with Gasteiger partial charge in [-0.25, -0.2) is 0 Å². The zero-order chi connectivity index (χ0) is 13.4. The summed E-state index contributed by atoms with van der Waals surface area (Å²) in [5.41, 5.74) is 10.7. The van der Waals surface area contributed by atoms with Crippen molar-refractivity contribution in [2.75, 3.05) is 5.73 Å². The standard InChI is InChI=1S/C16H15BrN2/c1-19-10-12(14-4-2-3-5-16(14)19)8-11-6-7-13(17)9-15(11)18/h2-7,9-10H,8,18H2,1H3. The molecule has 2 nitrogen and oxygen atoms in total. The number of halogens is 1. The smallest absolute Gasteiger partial charge is 0.0480 e. The van der Waals surface area contributed by atoms with Gasteiger partial charge in [-0.2, -0.15) is 0 Å². The minimum atomic E-state index is 0.835. The van der Waals surface area contributed by atoms with Crippen molar-refractivity contribution in [1.82, 2.24) is 4.57 Å². The largest absolute Gasteiger partial charge is 0.398 e. The third-order valence-electron chi connectivity index (χ3n) is 3.47. The van der Waals surface area contributed by atoms with Crippen LogP contribution in [0.15, 0.2) is 53.1 Å². The van der Waals surface area contributed by atoms with E-state index in [0.29, 0.717) is 0 Å². The van der Waals surface area contributed by atoms with E-state index < -0.39 is 0 Å². The van der Waals surface area contributed by atoms with Crippen LogP contribution in [-0.4, -0.2) is 4.57 Å². The van der Waals surface area contributed by atoms with Crippen molar-refractivity contribution in [3.63, 3.8) is 0 Å². The Balaban J connectivity index is 2.06. The molecule has 0 aliphatic heterocycles. The zero-order valence-electron chi connectivity index (χ0n) is 10.7. The third kappa shape index (κ3) is 2.26. The second kappa shape index (κ2) is 4.74. The summed E-state index contributed by atoms with van der Waals surface area (Å²) in [6.07, 6.45) is 3.05. The topological polar surface area (TPSA) is 30.9 Å². The summed E-state index contributed by atoms with van der Waals surface area (Å²) in [6.45, 7) is 0. The summed E-state index contributed by atoms with van der Waals surface area (Å²) in [5.74, 6) is 0. The Morgan fingerprint density at radius 3 is 2.68 bits per heavy atom. The number of aromatic nitrogens is 1. The summed E-state index contributed by atoms with van der Waals surface area (Å²) in [6, 6.07) is 14.5. The zero-order valence-corrected chi connectivity index (χ0v) is 12.3. The van der Waals surface area contributed by atoms with Crippen molar-refractivity contribution in [3.8, 4) is 0 Å². The first-order valence-electron chi connectivity index (χ1n) is 6.22. The number of benzene rings is 2. The molecule has 0 fully saturated rings. The monoisotopic (exact) mass is 314 g/mol. The summed E-state index contributed by atoms with van der Waals surface area (Å²) in [4.78, 5) is 0. The van der Waals surface area contributed by atoms with Crippen molar-refractivity contribution in [1.29, 1.82) is 0 Å². The van der Waals surface area contributed by atoms with Gasteiger partial charge in [-0.15, -0.1) is 0 Å². The van der Waals surface area contributed by atoms with Crippen LogP contribution in [0.4, 0.5) is 5.69 Å². The van der Waals surface area contributed by atoms with Crippen LogP contribution in [0, 0.1) is 0 Å². The molecule has 19 heavy (non-hydrogen) atoms. The second-order valence-electron chi connectivity index (χ2n) is 4.80. The molecule has 0 spiro atoms. The van der Waals surface area contributed by atoms with E-state index in [1.165, 1.54) is 22.0 Å². The molecule has 0 amide bonds. The highest BCUT2D eigenvalue weighted by Gasteiger charge is 2.08. The second-order valence-corrected chi connectivity index (χ2v) is 5.72. The van der Waals surface area contributed by atoms with Gasteiger partial charge in [0.15, 0.2) is 0 Å². The average Bonchev–Trinajstić information content (AvgIpc) is 2.71. The van der Waals surface area contributed by atoms with E-state index in [4.69, 9.17) is 5.73 Å². The molecule has 0 aliphatic rings. The lowest BCUT2D eigenvalue weighted by Gasteiger charge is -2.05. The van der Waals surface area contributed by atoms with E-state index in [1.807, 2.05) is 12.1 Å². The number of para-hydroxylation sites is 1. The molecule has 0 saturated heterocycles. The Morgan fingerprint density at radius 2 is 1.89 bits per heavy atom. The van der Waals surface area contributed by atoms with E-state index in [-0.39, 0.29) is 0 Å². The van der Waals surface area contributed by atoms with Crippen molar-refractivity contribution >= 4 is 32.5 Å². The Labute approximate surface area is 121 Å². The predicted octanol–water partition coefficient (Wildman–Crippen LogP) is 4.11. The maximum absolute atomic E-state index is 6.08. The van der Waals surface area contributed by atoms with Crippen molar-refractivity contribution < 1.29 is 0 Å². The molecule has 2 aromatic carbocycles. The van der Waals surface area contributed by atoms with Gasteiger partial charge < -0.3 is 10.3 Å². The molecule has 0 saturated carbocycles. The molecular weight excluding hydrogens is 300 g/mol. The first kappa shape index (κ1) is 12.3. The van der Waals surface area contributed by atoms with Gasteiger partial charge >= 0.3 is 0 Å². The summed E-state index contributed by atoms with van der Waals surface area (Å²) < 4.78 is 3.19. The fourth-order valence-electron chi connectivity index (χ4n) is 2.50. The number of aryl methyl sites for hydroxylation is 1. The van der Waals surface area contributed by atoms with Crippen LogP contribution in [-0.2, 0) is 13.5 Å². The van der Waals surface area contributed by atoms with Crippen molar-refractivity contribution in [2.24, 2.45) is 7.05 Å². The van der Waals surface area contributed by atoms with Crippen molar-refractivity contribution in [3.05, 3.63) is 64.3 Å². The molecule has 1 aromatic heterocycles. The molecule has 0 aliphatic carbocycles. The van der Waals surface area contributed by atoms with Gasteiger partial charge in [-0.3, -0.25) is 0 Å². The Kier molecular flexibility index (Phi) is 3.07. The molecule has 3 heteroatoms. The lowest BCUT2D eigenvalue weighted by atomic mass is 10.0. The van der Waals surface area contributed by atoms with Crippen LogP contribution in [0.2, 0.25) is 0 Å². The summed E-state index contributed by atoms with van der Waals surface area (Å²) in [5, 5.41) is 1.30. The first-order valence-corrected chi connectivity index (χ1v) is 7.01. The predicted molar refractivity (Wildman–Crippen MR) is 84.3 cm³/mol. The van der Waals surface area contributed by atoms with Gasteiger partial charge in [0, 0.05) is 40.7 Å². The number of hydrogen-bond acceptors (Lipinski definition) is 1. The van der Waals surface area contributed by atoms with Gasteiger partial charge in [0.2, 0.25) is 0 Å². The van der Waals surface area contributed by atoms with Gasteiger partial charge in [0.05, 0.1) is 0 Å². The summed E-state index contributed by atoms with van der Waals surface area (Å²) in [7, 11) is 2.08. The molecule has 1 heterocycles. The minimum Gasteiger partial charge on any atom is -0.398 e. The maximum atomic E-state index is 6.08.